The molecule has 32 heavy (non-hydrogen) atoms. The molecular formula is C24H22N2O6. The van der Waals surface area contributed by atoms with Crippen LogP contribution in [0.5, 0.6) is 5.75 Å². The zero-order chi connectivity index (χ0) is 23.3. The van der Waals surface area contributed by atoms with Crippen molar-refractivity contribution in [3.05, 3.63) is 69.6 Å². The van der Waals surface area contributed by atoms with Gasteiger partial charge >= 0.3 is 11.6 Å². The molecule has 1 amide bonds. The van der Waals surface area contributed by atoms with Crippen molar-refractivity contribution in [2.45, 2.75) is 32.8 Å². The number of nitriles is 1. The third-order valence-corrected chi connectivity index (χ3v) is 5.01. The van der Waals surface area contributed by atoms with Crippen molar-refractivity contribution in [3.63, 3.8) is 0 Å². The molecule has 1 N–H and O–H groups in total. The Kier molecular flexibility index (Phi) is 6.90. The van der Waals surface area contributed by atoms with Gasteiger partial charge in [-0.15, -0.1) is 0 Å². The van der Waals surface area contributed by atoms with E-state index >= 15 is 0 Å². The minimum atomic E-state index is -1.05. The van der Waals surface area contributed by atoms with E-state index in [1.807, 2.05) is 6.07 Å². The number of hydrogen-bond acceptors (Lipinski definition) is 7. The molecule has 0 saturated carbocycles. The molecule has 8 heteroatoms. The smallest absolute Gasteiger partial charge is 0.339 e. The molecule has 3 rings (SSSR count). The molecule has 0 saturated heterocycles. The van der Waals surface area contributed by atoms with Crippen LogP contribution in [0.3, 0.4) is 0 Å². The van der Waals surface area contributed by atoms with Crippen LogP contribution >= 0.6 is 0 Å². The van der Waals surface area contributed by atoms with Gasteiger partial charge in [0, 0.05) is 29.1 Å². The van der Waals surface area contributed by atoms with E-state index in [1.165, 1.54) is 20.1 Å². The lowest BCUT2D eigenvalue weighted by Gasteiger charge is -2.14. The number of methoxy groups -OCH3 is 1. The van der Waals surface area contributed by atoms with Gasteiger partial charge in [0.05, 0.1) is 18.7 Å². The molecule has 0 aliphatic heterocycles. The van der Waals surface area contributed by atoms with Gasteiger partial charge in [0.1, 0.15) is 11.3 Å². The Labute approximate surface area is 184 Å². The first-order valence-corrected chi connectivity index (χ1v) is 9.93. The quantitative estimate of drug-likeness (QED) is 0.447. The predicted octanol–water partition coefficient (Wildman–Crippen LogP) is 3.48. The second kappa shape index (κ2) is 9.79. The molecule has 0 fully saturated rings. The fourth-order valence-electron chi connectivity index (χ4n) is 3.24. The number of carbonyl (C=O) groups excluding carboxylic acids is 2. The minimum Gasteiger partial charge on any atom is -0.497 e. The van der Waals surface area contributed by atoms with Crippen molar-refractivity contribution in [3.8, 4) is 11.8 Å². The van der Waals surface area contributed by atoms with Crippen LogP contribution in [0.25, 0.3) is 11.0 Å². The van der Waals surface area contributed by atoms with Crippen molar-refractivity contribution in [2.24, 2.45) is 0 Å². The number of benzene rings is 2. The van der Waals surface area contributed by atoms with E-state index in [0.717, 1.165) is 10.9 Å². The van der Waals surface area contributed by atoms with Gasteiger partial charge in [-0.25, -0.2) is 4.79 Å². The van der Waals surface area contributed by atoms with Crippen LogP contribution in [0, 0.1) is 18.3 Å². The summed E-state index contributed by atoms with van der Waals surface area (Å²) in [6, 6.07) is 13.6. The molecule has 1 heterocycles. The summed E-state index contributed by atoms with van der Waals surface area (Å²) in [6.07, 6.45) is -1.02. The van der Waals surface area contributed by atoms with E-state index in [1.54, 1.807) is 43.3 Å². The van der Waals surface area contributed by atoms with Crippen LogP contribution in [-0.2, 0) is 20.7 Å². The van der Waals surface area contributed by atoms with E-state index in [-0.39, 0.29) is 12.8 Å². The summed E-state index contributed by atoms with van der Waals surface area (Å²) in [7, 11) is 1.52. The number of anilines is 1. The number of rotatable bonds is 7. The summed E-state index contributed by atoms with van der Waals surface area (Å²) >= 11 is 0. The molecule has 0 aliphatic carbocycles. The maximum atomic E-state index is 12.4. The molecule has 0 spiro atoms. The first-order valence-electron chi connectivity index (χ1n) is 9.93. The van der Waals surface area contributed by atoms with Crippen molar-refractivity contribution in [2.75, 3.05) is 12.4 Å². The molecule has 0 aliphatic rings. The van der Waals surface area contributed by atoms with Crippen molar-refractivity contribution < 1.29 is 23.5 Å². The number of carbonyl (C=O) groups is 2. The Hall–Kier alpha value is -4.12. The van der Waals surface area contributed by atoms with Gasteiger partial charge in [-0.1, -0.05) is 6.07 Å². The number of nitrogens with one attached hydrogen (secondary N) is 1. The van der Waals surface area contributed by atoms with E-state index in [2.05, 4.69) is 5.32 Å². The van der Waals surface area contributed by atoms with Crippen LogP contribution in [-0.4, -0.2) is 25.1 Å². The SMILES string of the molecule is COc1ccc2c(C)c(CCC(=O)OC(C)C(=O)Nc3cccc(C#N)c3)c(=O)oc2c1. The highest BCUT2D eigenvalue weighted by Gasteiger charge is 2.19. The third kappa shape index (κ3) is 5.13. The maximum Gasteiger partial charge on any atom is 0.339 e. The lowest BCUT2D eigenvalue weighted by molar-refractivity contribution is -0.153. The molecule has 1 aromatic heterocycles. The molecule has 1 unspecified atom stereocenters. The van der Waals surface area contributed by atoms with Crippen molar-refractivity contribution in [1.29, 1.82) is 5.26 Å². The molecule has 1 atom stereocenters. The summed E-state index contributed by atoms with van der Waals surface area (Å²) in [5.74, 6) is -0.571. The topological polar surface area (TPSA) is 119 Å². The number of amides is 1. The molecule has 3 aromatic rings. The largest absolute Gasteiger partial charge is 0.497 e. The molecule has 164 valence electrons. The first-order chi connectivity index (χ1) is 15.3. The Morgan fingerprint density at radius 2 is 2.00 bits per heavy atom. The average molecular weight is 434 g/mol. The number of hydrogen-bond donors (Lipinski definition) is 1. The van der Waals surface area contributed by atoms with Crippen molar-refractivity contribution >= 4 is 28.5 Å². The van der Waals surface area contributed by atoms with Crippen LogP contribution < -0.4 is 15.7 Å². The predicted molar refractivity (Wildman–Crippen MR) is 117 cm³/mol. The first kappa shape index (κ1) is 22.6. The second-order valence-electron chi connectivity index (χ2n) is 7.17. The summed E-state index contributed by atoms with van der Waals surface area (Å²) in [4.78, 5) is 36.9. The summed E-state index contributed by atoms with van der Waals surface area (Å²) in [6.45, 7) is 3.24. The Balaban J connectivity index is 1.62. The average Bonchev–Trinajstić information content (AvgIpc) is 2.78. The highest BCUT2D eigenvalue weighted by atomic mass is 16.5. The Bertz CT molecular complexity index is 1270. The molecule has 0 radical (unpaired) electrons. The van der Waals surface area contributed by atoms with E-state index in [4.69, 9.17) is 19.2 Å². The normalized spacial score (nSPS) is 11.4. The van der Waals surface area contributed by atoms with Gasteiger partial charge in [0.25, 0.3) is 5.91 Å². The lowest BCUT2D eigenvalue weighted by atomic mass is 10.0. The van der Waals surface area contributed by atoms with Crippen LogP contribution in [0.4, 0.5) is 5.69 Å². The van der Waals surface area contributed by atoms with Crippen LogP contribution in [0.15, 0.2) is 51.7 Å². The van der Waals surface area contributed by atoms with Crippen LogP contribution in [0.2, 0.25) is 0 Å². The molecular weight excluding hydrogens is 412 g/mol. The van der Waals surface area contributed by atoms with Gasteiger partial charge in [-0.3, -0.25) is 9.59 Å². The third-order valence-electron chi connectivity index (χ3n) is 5.01. The van der Waals surface area contributed by atoms with Gasteiger partial charge in [-0.2, -0.15) is 5.26 Å². The standard InChI is InChI=1S/C24H22N2O6/c1-14-19-8-7-18(30-3)12-21(19)32-24(29)20(14)9-10-22(27)31-15(2)23(28)26-17-6-4-5-16(11-17)13-25/h4-8,11-12,15H,9-10H2,1-3H3,(H,26,28). The number of ether oxygens (including phenoxy) is 2. The second-order valence-corrected chi connectivity index (χ2v) is 7.17. The lowest BCUT2D eigenvalue weighted by Crippen LogP contribution is -2.30. The van der Waals surface area contributed by atoms with E-state index in [0.29, 0.717) is 28.1 Å². The molecule has 2 aromatic carbocycles. The Morgan fingerprint density at radius 3 is 2.72 bits per heavy atom. The van der Waals surface area contributed by atoms with Gasteiger partial charge < -0.3 is 19.2 Å². The zero-order valence-electron chi connectivity index (χ0n) is 17.9. The number of nitrogens with zero attached hydrogens (tertiary/aromatic N) is 1. The number of esters is 1. The van der Waals surface area contributed by atoms with E-state index < -0.39 is 23.6 Å². The summed E-state index contributed by atoms with van der Waals surface area (Å²) in [5.41, 5.74) is 1.80. The van der Waals surface area contributed by atoms with Crippen molar-refractivity contribution in [1.82, 2.24) is 0 Å². The number of aryl methyl sites for hydroxylation is 1. The molecule has 0 bridgehead atoms. The highest BCUT2D eigenvalue weighted by Crippen LogP contribution is 2.24. The Morgan fingerprint density at radius 1 is 1.22 bits per heavy atom. The molecule has 8 nitrogen and oxygen atoms in total. The maximum absolute atomic E-state index is 12.4. The summed E-state index contributed by atoms with van der Waals surface area (Å²) < 4.78 is 15.7. The fourth-order valence-corrected chi connectivity index (χ4v) is 3.24. The minimum absolute atomic E-state index is 0.0885. The van der Waals surface area contributed by atoms with Gasteiger partial charge in [0.15, 0.2) is 6.10 Å². The summed E-state index contributed by atoms with van der Waals surface area (Å²) in [5, 5.41) is 12.3. The van der Waals surface area contributed by atoms with E-state index in [9.17, 15) is 14.4 Å². The van der Waals surface area contributed by atoms with Crippen LogP contribution in [0.1, 0.15) is 30.0 Å². The highest BCUT2D eigenvalue weighted by molar-refractivity contribution is 5.95. The monoisotopic (exact) mass is 434 g/mol. The number of fused-ring (bicyclic) bond motifs is 1. The fraction of sp³-hybridized carbons (Fsp3) is 0.250. The van der Waals surface area contributed by atoms with Gasteiger partial charge in [0.2, 0.25) is 0 Å². The zero-order valence-corrected chi connectivity index (χ0v) is 17.9. The van der Waals surface area contributed by atoms with Gasteiger partial charge in [-0.05, 0) is 56.2 Å².